The van der Waals surface area contributed by atoms with Gasteiger partial charge in [0.2, 0.25) is 11.9 Å². The molecule has 11 nitrogen and oxygen atoms in total. The van der Waals surface area contributed by atoms with Crippen molar-refractivity contribution < 1.29 is 9.53 Å². The van der Waals surface area contributed by atoms with Crippen molar-refractivity contribution in [3.05, 3.63) is 42.7 Å². The normalized spacial score (nSPS) is 18.7. The van der Waals surface area contributed by atoms with Gasteiger partial charge >= 0.3 is 0 Å². The van der Waals surface area contributed by atoms with Crippen LogP contribution in [0.1, 0.15) is 13.8 Å². The third kappa shape index (κ3) is 4.18. The Bertz CT molecular complexity index is 1430. The fraction of sp³-hybridized carbons (Fsp3) is 0.423. The van der Waals surface area contributed by atoms with Gasteiger partial charge in [-0.25, -0.2) is 9.67 Å². The van der Waals surface area contributed by atoms with Gasteiger partial charge in [0, 0.05) is 45.0 Å². The number of likely N-dealkylation sites (N-methyl/N-ethyl adjacent to an activating group) is 1. The van der Waals surface area contributed by atoms with Crippen molar-refractivity contribution in [1.82, 2.24) is 34.2 Å². The highest BCUT2D eigenvalue weighted by molar-refractivity contribution is 5.88. The molecule has 3 aromatic heterocycles. The lowest BCUT2D eigenvalue weighted by Gasteiger charge is -2.34. The maximum absolute atomic E-state index is 12.5. The molecule has 0 unspecified atom stereocenters. The number of imidazole rings is 1. The first-order valence-electron chi connectivity index (χ1n) is 12.8. The average Bonchev–Trinajstić information content (AvgIpc) is 3.56. The Kier molecular flexibility index (Phi) is 5.99. The number of ether oxygens (including phenoxy) is 1. The van der Waals surface area contributed by atoms with Gasteiger partial charge in [-0.3, -0.25) is 9.36 Å². The lowest BCUT2D eigenvalue weighted by Crippen LogP contribution is -2.49. The molecular weight excluding hydrogens is 470 g/mol. The number of carbonyl (C=O) groups is 1. The minimum absolute atomic E-state index is 0.0831. The number of amides is 1. The number of piperazine rings is 1. The van der Waals surface area contributed by atoms with E-state index >= 15 is 0 Å². The van der Waals surface area contributed by atoms with E-state index in [1.54, 1.807) is 9.58 Å². The van der Waals surface area contributed by atoms with Crippen LogP contribution >= 0.6 is 0 Å². The van der Waals surface area contributed by atoms with Crippen molar-refractivity contribution in [2.24, 2.45) is 0 Å². The summed E-state index contributed by atoms with van der Waals surface area (Å²) in [4.78, 5) is 33.5. The lowest BCUT2D eigenvalue weighted by molar-refractivity contribution is -0.129. The fourth-order valence-electron chi connectivity index (χ4n) is 4.98. The highest BCUT2D eigenvalue weighted by Crippen LogP contribution is 2.31. The number of rotatable bonds is 5. The van der Waals surface area contributed by atoms with E-state index in [9.17, 15) is 4.79 Å². The number of hydrogen-bond acceptors (Lipinski definition) is 8. The number of aryl methyl sites for hydroxylation is 1. The predicted octanol–water partition coefficient (Wildman–Crippen LogP) is 2.20. The second kappa shape index (κ2) is 9.47. The fourth-order valence-corrected chi connectivity index (χ4v) is 4.98. The highest BCUT2D eigenvalue weighted by atomic mass is 16.5. The van der Waals surface area contributed by atoms with Gasteiger partial charge in [0.1, 0.15) is 0 Å². The number of anilines is 2. The van der Waals surface area contributed by atoms with E-state index in [4.69, 9.17) is 19.7 Å². The topological polar surface area (TPSA) is 97.4 Å². The standard InChI is InChI=1S/C26H31N9O2/c1-4-33-23-22(28-26(33)32-11-10-31(3)21(36)16-32)24(34-12-13-37-17-18(34)2)30-25(29-23)35-15-20(14-27-35)19-8-6-5-7-9-19/h5-9,14-15,18H,4,10-13,16-17H2,1-3H3/t18-/m1/s1. The zero-order valence-corrected chi connectivity index (χ0v) is 21.4. The number of carbonyl (C=O) groups excluding carboxylic acids is 1. The Balaban J connectivity index is 1.50. The molecular formula is C26H31N9O2. The average molecular weight is 502 g/mol. The molecule has 0 N–H and O–H groups in total. The maximum Gasteiger partial charge on any atom is 0.254 e. The first kappa shape index (κ1) is 23.4. The first-order valence-corrected chi connectivity index (χ1v) is 12.8. The molecule has 11 heteroatoms. The third-order valence-electron chi connectivity index (χ3n) is 7.13. The van der Waals surface area contributed by atoms with Gasteiger partial charge in [0.05, 0.1) is 32.0 Å². The van der Waals surface area contributed by atoms with Crippen molar-refractivity contribution in [1.29, 1.82) is 0 Å². The Morgan fingerprint density at radius 1 is 1.05 bits per heavy atom. The van der Waals surface area contributed by atoms with E-state index in [1.165, 1.54) is 0 Å². The lowest BCUT2D eigenvalue weighted by atomic mass is 10.1. The number of nitrogens with zero attached hydrogens (tertiary/aromatic N) is 9. The van der Waals surface area contributed by atoms with E-state index in [1.807, 2.05) is 42.5 Å². The summed E-state index contributed by atoms with van der Waals surface area (Å²) in [5.74, 6) is 2.08. The number of hydrogen-bond donors (Lipinski definition) is 0. The van der Waals surface area contributed by atoms with E-state index in [0.717, 1.165) is 34.1 Å². The van der Waals surface area contributed by atoms with Gasteiger partial charge in [0.15, 0.2) is 17.0 Å². The van der Waals surface area contributed by atoms with Gasteiger partial charge in [-0.1, -0.05) is 30.3 Å². The monoisotopic (exact) mass is 501 g/mol. The van der Waals surface area contributed by atoms with Crippen LogP contribution in [-0.2, 0) is 16.1 Å². The van der Waals surface area contributed by atoms with E-state index < -0.39 is 0 Å². The number of fused-ring (bicyclic) bond motifs is 1. The Labute approximate surface area is 215 Å². The van der Waals surface area contributed by atoms with E-state index in [2.05, 4.69) is 40.5 Å². The quantitative estimate of drug-likeness (QED) is 0.411. The molecule has 4 aromatic rings. The van der Waals surface area contributed by atoms with E-state index in [-0.39, 0.29) is 11.9 Å². The van der Waals surface area contributed by atoms with Gasteiger partial charge in [-0.2, -0.15) is 15.1 Å². The molecule has 192 valence electrons. The summed E-state index contributed by atoms with van der Waals surface area (Å²) in [6, 6.07) is 10.3. The predicted molar refractivity (Wildman–Crippen MR) is 141 cm³/mol. The molecule has 37 heavy (non-hydrogen) atoms. The molecule has 5 heterocycles. The summed E-state index contributed by atoms with van der Waals surface area (Å²) in [5, 5.41) is 4.60. The van der Waals surface area contributed by atoms with Gasteiger partial charge in [-0.05, 0) is 19.4 Å². The van der Waals surface area contributed by atoms with Crippen LogP contribution in [-0.4, -0.2) is 92.6 Å². The van der Waals surface area contributed by atoms with Gasteiger partial charge in [-0.15, -0.1) is 0 Å². The van der Waals surface area contributed by atoms with Crippen LogP contribution < -0.4 is 9.80 Å². The molecule has 2 saturated heterocycles. The van der Waals surface area contributed by atoms with E-state index in [0.29, 0.717) is 51.9 Å². The molecule has 6 rings (SSSR count). The molecule has 0 aliphatic carbocycles. The van der Waals surface area contributed by atoms with Crippen LogP contribution in [0.2, 0.25) is 0 Å². The van der Waals surface area contributed by atoms with Crippen LogP contribution in [0, 0.1) is 0 Å². The molecule has 0 saturated carbocycles. The second-order valence-electron chi connectivity index (χ2n) is 9.57. The zero-order valence-electron chi connectivity index (χ0n) is 21.4. The van der Waals surface area contributed by atoms with Crippen LogP contribution in [0.25, 0.3) is 28.2 Å². The second-order valence-corrected chi connectivity index (χ2v) is 9.57. The van der Waals surface area contributed by atoms with Gasteiger partial charge < -0.3 is 19.4 Å². The summed E-state index contributed by atoms with van der Waals surface area (Å²) in [5.41, 5.74) is 3.54. The molecule has 1 atom stereocenters. The molecule has 1 aromatic carbocycles. The van der Waals surface area contributed by atoms with Crippen LogP contribution in [0.15, 0.2) is 42.7 Å². The Hall–Kier alpha value is -3.99. The van der Waals surface area contributed by atoms with Crippen LogP contribution in [0.3, 0.4) is 0 Å². The zero-order chi connectivity index (χ0) is 25.5. The maximum atomic E-state index is 12.5. The van der Waals surface area contributed by atoms with Crippen molar-refractivity contribution in [2.45, 2.75) is 26.4 Å². The van der Waals surface area contributed by atoms with Crippen molar-refractivity contribution >= 4 is 28.8 Å². The summed E-state index contributed by atoms with van der Waals surface area (Å²) in [6.07, 6.45) is 3.79. The molecule has 2 aliphatic heterocycles. The van der Waals surface area contributed by atoms with Crippen LogP contribution in [0.5, 0.6) is 0 Å². The molecule has 1 amide bonds. The minimum Gasteiger partial charge on any atom is -0.377 e. The molecule has 0 radical (unpaired) electrons. The van der Waals surface area contributed by atoms with Crippen molar-refractivity contribution in [3.8, 4) is 17.1 Å². The summed E-state index contributed by atoms with van der Waals surface area (Å²) < 4.78 is 9.50. The number of benzene rings is 1. The number of morpholine rings is 1. The summed E-state index contributed by atoms with van der Waals surface area (Å²) >= 11 is 0. The minimum atomic E-state index is 0.0831. The highest BCUT2D eigenvalue weighted by Gasteiger charge is 2.30. The molecule has 0 spiro atoms. The number of aromatic nitrogens is 6. The molecule has 0 bridgehead atoms. The molecule has 2 aliphatic rings. The largest absolute Gasteiger partial charge is 0.377 e. The summed E-state index contributed by atoms with van der Waals surface area (Å²) in [7, 11) is 1.84. The van der Waals surface area contributed by atoms with Crippen molar-refractivity contribution in [3.63, 3.8) is 0 Å². The van der Waals surface area contributed by atoms with Gasteiger partial charge in [0.25, 0.3) is 5.95 Å². The van der Waals surface area contributed by atoms with Crippen LogP contribution in [0.4, 0.5) is 11.8 Å². The Morgan fingerprint density at radius 2 is 1.89 bits per heavy atom. The SMILES string of the molecule is CCn1c(N2CCN(C)C(=O)C2)nc2c(N3CCOC[C@H]3C)nc(-n3cc(-c4ccccc4)cn3)nc21. The summed E-state index contributed by atoms with van der Waals surface area (Å²) in [6.45, 7) is 8.49. The Morgan fingerprint density at radius 3 is 2.65 bits per heavy atom. The molecule has 2 fully saturated rings. The third-order valence-corrected chi connectivity index (χ3v) is 7.13. The van der Waals surface area contributed by atoms with Crippen molar-refractivity contribution in [2.75, 3.05) is 56.2 Å². The smallest absolute Gasteiger partial charge is 0.254 e. The first-order chi connectivity index (χ1) is 18.0.